The van der Waals surface area contributed by atoms with Crippen LogP contribution >= 0.6 is 15.9 Å². The van der Waals surface area contributed by atoms with Gasteiger partial charge in [-0.1, -0.05) is 28.9 Å². The number of carboxylic acid groups (broad SMARTS) is 1. The Labute approximate surface area is 90.5 Å². The molecule has 0 aromatic heterocycles. The Morgan fingerprint density at radius 3 is 2.71 bits per heavy atom. The van der Waals surface area contributed by atoms with E-state index in [9.17, 15) is 9.90 Å². The van der Waals surface area contributed by atoms with Crippen molar-refractivity contribution in [3.63, 3.8) is 0 Å². The lowest BCUT2D eigenvalue weighted by Crippen LogP contribution is -2.12. The molecule has 0 saturated carbocycles. The van der Waals surface area contributed by atoms with Crippen molar-refractivity contribution in [1.29, 1.82) is 0 Å². The van der Waals surface area contributed by atoms with Crippen LogP contribution in [-0.4, -0.2) is 16.2 Å². The van der Waals surface area contributed by atoms with Gasteiger partial charge in [0, 0.05) is 4.47 Å². The summed E-state index contributed by atoms with van der Waals surface area (Å²) < 4.78 is 0.779. The number of benzene rings is 1. The minimum Gasteiger partial charge on any atom is -0.508 e. The van der Waals surface area contributed by atoms with Gasteiger partial charge < -0.3 is 10.2 Å². The van der Waals surface area contributed by atoms with E-state index in [0.717, 1.165) is 4.47 Å². The number of halogens is 1. The Bertz CT molecular complexity index is 349. The van der Waals surface area contributed by atoms with E-state index in [1.54, 1.807) is 25.1 Å². The summed E-state index contributed by atoms with van der Waals surface area (Å²) in [6, 6.07) is 5.06. The molecule has 0 saturated heterocycles. The molecular weight excluding hydrogens is 248 g/mol. The van der Waals surface area contributed by atoms with E-state index in [2.05, 4.69) is 15.9 Å². The van der Waals surface area contributed by atoms with E-state index in [1.807, 2.05) is 0 Å². The van der Waals surface area contributed by atoms with Gasteiger partial charge in [0.1, 0.15) is 5.75 Å². The molecule has 0 fully saturated rings. The van der Waals surface area contributed by atoms with Gasteiger partial charge in [0.05, 0.1) is 5.92 Å². The van der Waals surface area contributed by atoms with E-state index in [4.69, 9.17) is 5.11 Å². The second kappa shape index (κ2) is 4.46. The Morgan fingerprint density at radius 2 is 2.21 bits per heavy atom. The predicted octanol–water partition coefficient (Wildman–Crippen LogP) is 2.42. The van der Waals surface area contributed by atoms with Crippen molar-refractivity contribution in [1.82, 2.24) is 0 Å². The van der Waals surface area contributed by atoms with Gasteiger partial charge in [-0.05, 0) is 24.1 Å². The summed E-state index contributed by atoms with van der Waals surface area (Å²) >= 11 is 3.22. The number of phenolic OH excluding ortho intramolecular Hbond substituents is 1. The summed E-state index contributed by atoms with van der Waals surface area (Å²) in [6.45, 7) is 1.61. The second-order valence-electron chi connectivity index (χ2n) is 3.22. The summed E-state index contributed by atoms with van der Waals surface area (Å²) in [5, 5.41) is 18.2. The normalized spacial score (nSPS) is 12.4. The first-order valence-corrected chi connectivity index (χ1v) is 5.00. The molecule has 0 heterocycles. The molecule has 0 aliphatic heterocycles. The number of carbonyl (C=O) groups is 1. The van der Waals surface area contributed by atoms with E-state index < -0.39 is 11.9 Å². The van der Waals surface area contributed by atoms with Crippen LogP contribution in [-0.2, 0) is 11.2 Å². The highest BCUT2D eigenvalue weighted by molar-refractivity contribution is 9.10. The zero-order chi connectivity index (χ0) is 10.7. The lowest BCUT2D eigenvalue weighted by atomic mass is 10.0. The van der Waals surface area contributed by atoms with Crippen molar-refractivity contribution in [2.45, 2.75) is 13.3 Å². The van der Waals surface area contributed by atoms with Gasteiger partial charge in [-0.2, -0.15) is 0 Å². The van der Waals surface area contributed by atoms with Gasteiger partial charge in [0.25, 0.3) is 0 Å². The smallest absolute Gasteiger partial charge is 0.306 e. The fraction of sp³-hybridized carbons (Fsp3) is 0.300. The number of aliphatic carboxylic acids is 1. The number of aromatic hydroxyl groups is 1. The highest BCUT2D eigenvalue weighted by Crippen LogP contribution is 2.24. The summed E-state index contributed by atoms with van der Waals surface area (Å²) in [6.07, 6.45) is 0.342. The van der Waals surface area contributed by atoms with Crippen molar-refractivity contribution < 1.29 is 15.0 Å². The molecule has 1 aromatic rings. The van der Waals surface area contributed by atoms with Gasteiger partial charge in [-0.3, -0.25) is 4.79 Å². The minimum absolute atomic E-state index is 0.132. The van der Waals surface area contributed by atoms with Gasteiger partial charge >= 0.3 is 5.97 Å². The Hall–Kier alpha value is -1.03. The lowest BCUT2D eigenvalue weighted by Gasteiger charge is -2.08. The number of hydrogen-bond donors (Lipinski definition) is 2. The Balaban J connectivity index is 2.82. The van der Waals surface area contributed by atoms with Crippen LogP contribution < -0.4 is 0 Å². The molecule has 76 valence electrons. The molecule has 0 spiro atoms. The third-order valence-electron chi connectivity index (χ3n) is 2.00. The first-order chi connectivity index (χ1) is 6.50. The van der Waals surface area contributed by atoms with Crippen molar-refractivity contribution in [2.75, 3.05) is 0 Å². The molecule has 0 aliphatic carbocycles. The first kappa shape index (κ1) is 11.0. The van der Waals surface area contributed by atoms with Crippen LogP contribution in [0, 0.1) is 5.92 Å². The van der Waals surface area contributed by atoms with Crippen LogP contribution in [0.3, 0.4) is 0 Å². The second-order valence-corrected chi connectivity index (χ2v) is 4.13. The van der Waals surface area contributed by atoms with Crippen molar-refractivity contribution >= 4 is 21.9 Å². The molecule has 2 N–H and O–H groups in total. The van der Waals surface area contributed by atoms with E-state index >= 15 is 0 Å². The maximum Gasteiger partial charge on any atom is 0.306 e. The van der Waals surface area contributed by atoms with Gasteiger partial charge in [0.2, 0.25) is 0 Å². The number of rotatable bonds is 3. The first-order valence-electron chi connectivity index (χ1n) is 4.21. The lowest BCUT2D eigenvalue weighted by molar-refractivity contribution is -0.141. The highest BCUT2D eigenvalue weighted by Gasteiger charge is 2.13. The minimum atomic E-state index is -0.854. The Kier molecular flexibility index (Phi) is 3.52. The third kappa shape index (κ3) is 2.73. The molecule has 1 unspecified atom stereocenters. The van der Waals surface area contributed by atoms with E-state index in [1.165, 1.54) is 0 Å². The topological polar surface area (TPSA) is 57.5 Å². The summed E-state index contributed by atoms with van der Waals surface area (Å²) in [5.41, 5.74) is 0.656. The van der Waals surface area contributed by atoms with E-state index in [-0.39, 0.29) is 5.75 Å². The highest BCUT2D eigenvalue weighted by atomic mass is 79.9. The number of hydrogen-bond acceptors (Lipinski definition) is 2. The number of carboxylic acids is 1. The van der Waals surface area contributed by atoms with E-state index in [0.29, 0.717) is 12.0 Å². The molecule has 3 nitrogen and oxygen atoms in total. The molecule has 0 radical (unpaired) electrons. The fourth-order valence-corrected chi connectivity index (χ4v) is 1.48. The molecule has 0 bridgehead atoms. The molecule has 4 heteroatoms. The molecule has 0 aliphatic rings. The quantitative estimate of drug-likeness (QED) is 0.876. The standard InChI is InChI=1S/C10H11BrO3/c1-6(10(13)14)4-7-2-3-8(11)5-9(7)12/h2-3,5-6,12H,4H2,1H3,(H,13,14). The zero-order valence-corrected chi connectivity index (χ0v) is 9.28. The van der Waals surface area contributed by atoms with Crippen LogP contribution in [0.15, 0.2) is 22.7 Å². The average Bonchev–Trinajstić information content (AvgIpc) is 2.09. The maximum absolute atomic E-state index is 10.6. The molecule has 1 aromatic carbocycles. The fourth-order valence-electron chi connectivity index (χ4n) is 1.13. The van der Waals surface area contributed by atoms with Crippen LogP contribution in [0.25, 0.3) is 0 Å². The molecule has 1 atom stereocenters. The maximum atomic E-state index is 10.6. The number of phenols is 1. The molecule has 0 amide bonds. The summed E-state index contributed by atoms with van der Waals surface area (Å²) in [7, 11) is 0. The predicted molar refractivity (Wildman–Crippen MR) is 56.3 cm³/mol. The molecular formula is C10H11BrO3. The van der Waals surface area contributed by atoms with Crippen LogP contribution in [0.5, 0.6) is 5.75 Å². The summed E-state index contributed by atoms with van der Waals surface area (Å²) in [5.74, 6) is -1.21. The Morgan fingerprint density at radius 1 is 1.57 bits per heavy atom. The van der Waals surface area contributed by atoms with Crippen LogP contribution in [0.2, 0.25) is 0 Å². The van der Waals surface area contributed by atoms with Crippen LogP contribution in [0.1, 0.15) is 12.5 Å². The summed E-state index contributed by atoms with van der Waals surface area (Å²) in [4.78, 5) is 10.6. The average molecular weight is 259 g/mol. The monoisotopic (exact) mass is 258 g/mol. The SMILES string of the molecule is CC(Cc1ccc(Br)cc1O)C(=O)O. The largest absolute Gasteiger partial charge is 0.508 e. The molecule has 14 heavy (non-hydrogen) atoms. The molecule has 1 rings (SSSR count). The van der Waals surface area contributed by atoms with Gasteiger partial charge in [0.15, 0.2) is 0 Å². The van der Waals surface area contributed by atoms with Crippen molar-refractivity contribution in [2.24, 2.45) is 5.92 Å². The zero-order valence-electron chi connectivity index (χ0n) is 7.70. The van der Waals surface area contributed by atoms with Crippen molar-refractivity contribution in [3.05, 3.63) is 28.2 Å². The van der Waals surface area contributed by atoms with Gasteiger partial charge in [-0.15, -0.1) is 0 Å². The third-order valence-corrected chi connectivity index (χ3v) is 2.49. The van der Waals surface area contributed by atoms with Crippen LogP contribution in [0.4, 0.5) is 0 Å². The van der Waals surface area contributed by atoms with Crippen molar-refractivity contribution in [3.8, 4) is 5.75 Å². The van der Waals surface area contributed by atoms with Gasteiger partial charge in [-0.25, -0.2) is 0 Å².